The van der Waals surface area contributed by atoms with E-state index >= 15 is 0 Å². The van der Waals surface area contributed by atoms with Gasteiger partial charge in [-0.05, 0) is 13.8 Å². The Morgan fingerprint density at radius 1 is 1.39 bits per heavy atom. The maximum atomic E-state index is 12.5. The van der Waals surface area contributed by atoms with E-state index in [0.29, 0.717) is 6.20 Å². The van der Waals surface area contributed by atoms with Crippen molar-refractivity contribution in [2.24, 2.45) is 0 Å². The Kier molecular flexibility index (Phi) is 3.36. The maximum Gasteiger partial charge on any atom is 0.433 e. The van der Waals surface area contributed by atoms with Gasteiger partial charge in [0.25, 0.3) is 5.91 Å². The highest BCUT2D eigenvalue weighted by atomic mass is 19.4. The van der Waals surface area contributed by atoms with Gasteiger partial charge in [0.2, 0.25) is 0 Å². The van der Waals surface area contributed by atoms with Crippen LogP contribution in [-0.2, 0) is 11.0 Å². The molecule has 0 aliphatic heterocycles. The van der Waals surface area contributed by atoms with Crippen molar-refractivity contribution < 1.29 is 27.9 Å². The summed E-state index contributed by atoms with van der Waals surface area (Å²) in [6, 6.07) is 0. The number of carboxylic acid groups (broad SMARTS) is 1. The molecule has 0 radical (unpaired) electrons. The van der Waals surface area contributed by atoms with Crippen LogP contribution in [0.5, 0.6) is 0 Å². The average Bonchev–Trinajstić information content (AvgIpc) is 2.63. The highest BCUT2D eigenvalue weighted by Gasteiger charge is 2.39. The molecule has 0 bridgehead atoms. The molecule has 0 aliphatic rings. The molecule has 1 amide bonds. The summed E-state index contributed by atoms with van der Waals surface area (Å²) in [5.41, 5.74) is -3.75. The third kappa shape index (κ3) is 2.79. The van der Waals surface area contributed by atoms with E-state index in [1.54, 1.807) is 5.10 Å². The van der Waals surface area contributed by atoms with Crippen molar-refractivity contribution in [2.75, 3.05) is 0 Å². The molecular weight excluding hydrogens is 255 g/mol. The van der Waals surface area contributed by atoms with Gasteiger partial charge in [-0.2, -0.15) is 18.3 Å². The third-order valence-electron chi connectivity index (χ3n) is 2.13. The van der Waals surface area contributed by atoms with Crippen LogP contribution in [-0.4, -0.2) is 32.7 Å². The van der Waals surface area contributed by atoms with Crippen molar-refractivity contribution >= 4 is 11.9 Å². The fourth-order valence-corrected chi connectivity index (χ4v) is 1.08. The van der Waals surface area contributed by atoms with E-state index in [4.69, 9.17) is 5.11 Å². The van der Waals surface area contributed by atoms with Gasteiger partial charge < -0.3 is 10.4 Å². The van der Waals surface area contributed by atoms with Crippen molar-refractivity contribution in [2.45, 2.75) is 25.6 Å². The molecule has 1 aromatic heterocycles. The van der Waals surface area contributed by atoms with Gasteiger partial charge in [0.1, 0.15) is 5.54 Å². The number of nitrogens with zero attached hydrogens (tertiary/aromatic N) is 1. The van der Waals surface area contributed by atoms with Gasteiger partial charge in [0.15, 0.2) is 5.69 Å². The van der Waals surface area contributed by atoms with Gasteiger partial charge in [-0.25, -0.2) is 4.79 Å². The number of hydrogen-bond acceptors (Lipinski definition) is 3. The normalized spacial score (nSPS) is 12.3. The Labute approximate surface area is 99.2 Å². The Balaban J connectivity index is 3.00. The van der Waals surface area contributed by atoms with E-state index in [1.807, 2.05) is 5.32 Å². The molecule has 0 unspecified atom stereocenters. The Hall–Kier alpha value is -2.06. The molecule has 1 rings (SSSR count). The van der Waals surface area contributed by atoms with E-state index < -0.39 is 34.8 Å². The highest BCUT2D eigenvalue weighted by molar-refractivity contribution is 5.98. The maximum absolute atomic E-state index is 12.5. The first-order chi connectivity index (χ1) is 8.05. The van der Waals surface area contributed by atoms with Crippen LogP contribution in [0.1, 0.15) is 29.9 Å². The molecule has 1 heterocycles. The molecule has 1 aromatic rings. The summed E-state index contributed by atoms with van der Waals surface area (Å²) in [5.74, 6) is -2.53. The van der Waals surface area contributed by atoms with Crippen molar-refractivity contribution in [1.82, 2.24) is 15.5 Å². The second-order valence-electron chi connectivity index (χ2n) is 4.04. The van der Waals surface area contributed by atoms with Crippen LogP contribution in [0.25, 0.3) is 0 Å². The summed E-state index contributed by atoms with van der Waals surface area (Å²) in [4.78, 5) is 22.3. The number of H-pyrrole nitrogens is 1. The Morgan fingerprint density at radius 3 is 2.39 bits per heavy atom. The third-order valence-corrected chi connectivity index (χ3v) is 2.13. The molecule has 3 N–H and O–H groups in total. The molecule has 18 heavy (non-hydrogen) atoms. The van der Waals surface area contributed by atoms with Crippen LogP contribution in [0.15, 0.2) is 6.20 Å². The number of carboxylic acids is 1. The van der Waals surface area contributed by atoms with Gasteiger partial charge in [-0.1, -0.05) is 0 Å². The fourth-order valence-electron chi connectivity index (χ4n) is 1.08. The number of carbonyl (C=O) groups excluding carboxylic acids is 1. The summed E-state index contributed by atoms with van der Waals surface area (Å²) in [6.07, 6.45) is -4.08. The van der Waals surface area contributed by atoms with Gasteiger partial charge in [-0.15, -0.1) is 0 Å². The first kappa shape index (κ1) is 14.0. The zero-order valence-electron chi connectivity index (χ0n) is 9.42. The van der Waals surface area contributed by atoms with Crippen LogP contribution in [0.3, 0.4) is 0 Å². The monoisotopic (exact) mass is 265 g/mol. The molecule has 0 atom stereocenters. The molecule has 0 saturated heterocycles. The molecule has 0 aromatic carbocycles. The summed E-state index contributed by atoms with van der Waals surface area (Å²) < 4.78 is 37.4. The van der Waals surface area contributed by atoms with Gasteiger partial charge >= 0.3 is 12.1 Å². The smallest absolute Gasteiger partial charge is 0.433 e. The minimum Gasteiger partial charge on any atom is -0.480 e. The lowest BCUT2D eigenvalue weighted by Crippen LogP contribution is -2.49. The number of carbonyl (C=O) groups is 2. The number of aromatic nitrogens is 2. The first-order valence-electron chi connectivity index (χ1n) is 4.72. The lowest BCUT2D eigenvalue weighted by Gasteiger charge is -2.20. The fraction of sp³-hybridized carbons (Fsp3) is 0.444. The van der Waals surface area contributed by atoms with E-state index in [2.05, 4.69) is 5.10 Å². The first-order valence-corrected chi connectivity index (χ1v) is 4.72. The number of halogens is 3. The standard InChI is InChI=1S/C9H10F3N3O3/c1-8(2,7(17)18)14-6(16)4-3-13-15-5(4)9(10,11)12/h3H,1-2H3,(H,13,15)(H,14,16)(H,17,18). The van der Waals surface area contributed by atoms with Crippen LogP contribution in [0.4, 0.5) is 13.2 Å². The second-order valence-corrected chi connectivity index (χ2v) is 4.04. The number of aromatic amines is 1. The number of nitrogens with one attached hydrogen (secondary N) is 2. The lowest BCUT2D eigenvalue weighted by atomic mass is 10.1. The number of hydrogen-bond donors (Lipinski definition) is 3. The Morgan fingerprint density at radius 2 is 1.94 bits per heavy atom. The number of aliphatic carboxylic acids is 1. The largest absolute Gasteiger partial charge is 0.480 e. The molecule has 0 saturated carbocycles. The molecular formula is C9H10F3N3O3. The van der Waals surface area contributed by atoms with Crippen molar-refractivity contribution in [1.29, 1.82) is 0 Å². The molecule has 100 valence electrons. The van der Waals surface area contributed by atoms with Crippen LogP contribution < -0.4 is 5.32 Å². The average molecular weight is 265 g/mol. The summed E-state index contributed by atoms with van der Waals surface area (Å²) in [5, 5.41) is 15.5. The van der Waals surface area contributed by atoms with E-state index in [-0.39, 0.29) is 0 Å². The SMILES string of the molecule is CC(C)(NC(=O)c1cn[nH]c1C(F)(F)F)C(=O)O. The molecule has 9 heteroatoms. The van der Waals surface area contributed by atoms with Crippen LogP contribution >= 0.6 is 0 Å². The second kappa shape index (κ2) is 4.31. The molecule has 6 nitrogen and oxygen atoms in total. The number of alkyl halides is 3. The summed E-state index contributed by atoms with van der Waals surface area (Å²) >= 11 is 0. The van der Waals surface area contributed by atoms with Crippen molar-refractivity contribution in [3.05, 3.63) is 17.5 Å². The zero-order chi connectivity index (χ0) is 14.1. The number of rotatable bonds is 3. The minimum atomic E-state index is -4.77. The quantitative estimate of drug-likeness (QED) is 0.760. The van der Waals surface area contributed by atoms with Crippen LogP contribution in [0.2, 0.25) is 0 Å². The molecule has 0 fully saturated rings. The number of amides is 1. The minimum absolute atomic E-state index is 0.691. The zero-order valence-corrected chi connectivity index (χ0v) is 9.42. The summed E-state index contributed by atoms with van der Waals surface area (Å²) in [6.45, 7) is 2.31. The van der Waals surface area contributed by atoms with Crippen LogP contribution in [0, 0.1) is 0 Å². The predicted molar refractivity (Wildman–Crippen MR) is 52.8 cm³/mol. The highest BCUT2D eigenvalue weighted by Crippen LogP contribution is 2.30. The van der Waals surface area contributed by atoms with Crippen molar-refractivity contribution in [3.63, 3.8) is 0 Å². The molecule has 0 aliphatic carbocycles. The van der Waals surface area contributed by atoms with E-state index in [9.17, 15) is 22.8 Å². The predicted octanol–water partition coefficient (Wildman–Crippen LogP) is 1.02. The lowest BCUT2D eigenvalue weighted by molar-refractivity contribution is -0.143. The topological polar surface area (TPSA) is 95.1 Å². The van der Waals surface area contributed by atoms with Gasteiger partial charge in [0, 0.05) is 0 Å². The molecule has 0 spiro atoms. The van der Waals surface area contributed by atoms with Gasteiger partial charge in [-0.3, -0.25) is 9.89 Å². The van der Waals surface area contributed by atoms with E-state index in [1.165, 1.54) is 0 Å². The Bertz CT molecular complexity index is 479. The van der Waals surface area contributed by atoms with Crippen molar-refractivity contribution in [3.8, 4) is 0 Å². The summed E-state index contributed by atoms with van der Waals surface area (Å²) in [7, 11) is 0. The van der Waals surface area contributed by atoms with E-state index in [0.717, 1.165) is 13.8 Å². The van der Waals surface area contributed by atoms with Gasteiger partial charge in [0.05, 0.1) is 11.8 Å².